The summed E-state index contributed by atoms with van der Waals surface area (Å²) in [5.41, 5.74) is 3.17. The Hall–Kier alpha value is -3.01. The number of rotatable bonds is 15. The smallest absolute Gasteiger partial charge is 0.306 e. The maximum Gasteiger partial charge on any atom is 0.306 e. The summed E-state index contributed by atoms with van der Waals surface area (Å²) >= 11 is 0. The highest BCUT2D eigenvalue weighted by Crippen LogP contribution is 2.41. The first-order valence-electron chi connectivity index (χ1n) is 16.3. The number of nitrogens with one attached hydrogen (secondary N) is 1. The Morgan fingerprint density at radius 1 is 1.00 bits per heavy atom. The summed E-state index contributed by atoms with van der Waals surface area (Å²) in [6.45, 7) is 16.6. The van der Waals surface area contributed by atoms with Crippen LogP contribution in [0.1, 0.15) is 75.7 Å². The van der Waals surface area contributed by atoms with Crippen molar-refractivity contribution < 1.29 is 9.90 Å². The normalized spacial score (nSPS) is 18.3. The first kappa shape index (κ1) is 31.4. The van der Waals surface area contributed by atoms with Gasteiger partial charge in [-0.25, -0.2) is 9.97 Å². The van der Waals surface area contributed by atoms with Crippen LogP contribution in [0.2, 0.25) is 0 Å². The van der Waals surface area contributed by atoms with Gasteiger partial charge in [0.05, 0.1) is 19.0 Å². The molecule has 2 N–H and O–H groups in total. The number of piperidine rings is 1. The third-order valence-corrected chi connectivity index (χ3v) is 9.55. The number of carboxylic acids is 1. The molecule has 3 aromatic rings. The second-order valence-corrected chi connectivity index (χ2v) is 13.4. The highest BCUT2D eigenvalue weighted by Gasteiger charge is 2.40. The van der Waals surface area contributed by atoms with E-state index in [0.29, 0.717) is 37.9 Å². The molecule has 1 spiro atoms. The zero-order valence-corrected chi connectivity index (χ0v) is 26.4. The molecule has 5 rings (SSSR count). The van der Waals surface area contributed by atoms with Gasteiger partial charge in [-0.15, -0.1) is 0 Å². The van der Waals surface area contributed by atoms with Crippen LogP contribution < -0.4 is 0 Å². The molecule has 9 heteroatoms. The van der Waals surface area contributed by atoms with Crippen LogP contribution >= 0.6 is 0 Å². The number of H-pyrrole nitrogens is 1. The summed E-state index contributed by atoms with van der Waals surface area (Å²) in [4.78, 5) is 31.5. The van der Waals surface area contributed by atoms with Crippen molar-refractivity contribution in [2.75, 3.05) is 32.7 Å². The average Bonchev–Trinajstić information content (AvgIpc) is 3.74. The average molecular weight is 590 g/mol. The second kappa shape index (κ2) is 14.6. The molecule has 2 fully saturated rings. The largest absolute Gasteiger partial charge is 0.481 e. The number of nitrogens with zero attached hydrogens (tertiary/aromatic N) is 6. The standard InChI is InChI=1S/C34H51N7O2/c1-4-30(33(42)43)9-16-41-20-15-37-32(41)25-40(24-31-35-13-14-36-31)23-29-7-5-28(6-8-29)22-39-19-12-34(26-39)10-17-38(18-11-34)21-27(2)3/h5-8,13-15,20,27,30H,4,9-12,16-19,21-26H2,1-3H3,(H,35,36)(H,42,43). The Bertz CT molecular complexity index is 1260. The lowest BCUT2D eigenvalue weighted by Crippen LogP contribution is -2.42. The summed E-state index contributed by atoms with van der Waals surface area (Å²) in [6, 6.07) is 9.14. The summed E-state index contributed by atoms with van der Waals surface area (Å²) in [6.07, 6.45) is 12.7. The number of benzene rings is 1. The van der Waals surface area contributed by atoms with Crippen molar-refractivity contribution in [2.45, 2.75) is 85.6 Å². The molecule has 0 radical (unpaired) electrons. The molecule has 2 saturated heterocycles. The first-order chi connectivity index (χ1) is 20.8. The van der Waals surface area contributed by atoms with Crippen LogP contribution in [0.15, 0.2) is 49.1 Å². The Morgan fingerprint density at radius 3 is 2.37 bits per heavy atom. The van der Waals surface area contributed by atoms with Crippen molar-refractivity contribution in [3.8, 4) is 0 Å². The molecule has 4 heterocycles. The van der Waals surface area contributed by atoms with Crippen LogP contribution in [0.3, 0.4) is 0 Å². The molecule has 0 aliphatic carbocycles. The maximum atomic E-state index is 11.5. The van der Waals surface area contributed by atoms with E-state index in [1.165, 1.54) is 63.1 Å². The van der Waals surface area contributed by atoms with Crippen LogP contribution in [0.4, 0.5) is 0 Å². The highest BCUT2D eigenvalue weighted by atomic mass is 16.4. The Morgan fingerprint density at radius 2 is 1.72 bits per heavy atom. The molecule has 9 nitrogen and oxygen atoms in total. The molecule has 0 bridgehead atoms. The van der Waals surface area contributed by atoms with E-state index < -0.39 is 5.97 Å². The van der Waals surface area contributed by atoms with Gasteiger partial charge >= 0.3 is 5.97 Å². The van der Waals surface area contributed by atoms with Gasteiger partial charge in [0.1, 0.15) is 11.6 Å². The van der Waals surface area contributed by atoms with E-state index in [9.17, 15) is 9.90 Å². The first-order valence-corrected chi connectivity index (χ1v) is 16.3. The highest BCUT2D eigenvalue weighted by molar-refractivity contribution is 5.69. The number of aliphatic carboxylic acids is 1. The fraction of sp³-hybridized carbons (Fsp3) is 0.618. The number of hydrogen-bond acceptors (Lipinski definition) is 6. The Labute approximate surface area is 257 Å². The van der Waals surface area contributed by atoms with Gasteiger partial charge < -0.3 is 19.6 Å². The Balaban J connectivity index is 1.17. The number of likely N-dealkylation sites (tertiary alicyclic amines) is 2. The van der Waals surface area contributed by atoms with Gasteiger partial charge in [-0.1, -0.05) is 45.0 Å². The van der Waals surface area contributed by atoms with Gasteiger partial charge in [-0.3, -0.25) is 14.6 Å². The summed E-state index contributed by atoms with van der Waals surface area (Å²) in [7, 11) is 0. The minimum atomic E-state index is -0.723. The molecule has 2 aliphatic rings. The van der Waals surface area contributed by atoms with Crippen LogP contribution in [-0.4, -0.2) is 78.0 Å². The molecular formula is C34H51N7O2. The minimum Gasteiger partial charge on any atom is -0.481 e. The SMILES string of the molecule is CCC(CCn1ccnc1CN(Cc1ccc(CN2CCC3(CCN(CC(C)C)CC3)C2)cc1)Cc1ncc[nH]1)C(=O)O. The van der Waals surface area contributed by atoms with Crippen LogP contribution in [0, 0.1) is 17.3 Å². The molecule has 2 aliphatic heterocycles. The van der Waals surface area contributed by atoms with Crippen molar-refractivity contribution in [1.82, 2.24) is 34.2 Å². The number of aryl methyl sites for hydroxylation is 1. The zero-order chi connectivity index (χ0) is 30.2. The van der Waals surface area contributed by atoms with E-state index in [2.05, 4.69) is 72.3 Å². The van der Waals surface area contributed by atoms with Crippen molar-refractivity contribution in [3.63, 3.8) is 0 Å². The van der Waals surface area contributed by atoms with E-state index in [-0.39, 0.29) is 5.92 Å². The predicted octanol–water partition coefficient (Wildman–Crippen LogP) is 5.25. The third-order valence-electron chi connectivity index (χ3n) is 9.55. The van der Waals surface area contributed by atoms with Gasteiger partial charge in [0.2, 0.25) is 0 Å². The summed E-state index contributed by atoms with van der Waals surface area (Å²) in [5.74, 6) is 1.56. The molecule has 234 valence electrons. The van der Waals surface area contributed by atoms with E-state index in [1.807, 2.05) is 25.5 Å². The topological polar surface area (TPSA) is 93.5 Å². The second-order valence-electron chi connectivity index (χ2n) is 13.4. The predicted molar refractivity (Wildman–Crippen MR) is 169 cm³/mol. The Kier molecular flexibility index (Phi) is 10.7. The van der Waals surface area contributed by atoms with Crippen LogP contribution in [0.5, 0.6) is 0 Å². The maximum absolute atomic E-state index is 11.5. The number of carboxylic acid groups (broad SMARTS) is 1. The molecule has 43 heavy (non-hydrogen) atoms. The van der Waals surface area contributed by atoms with E-state index >= 15 is 0 Å². The molecule has 1 unspecified atom stereocenters. The molecule has 0 amide bonds. The molecular weight excluding hydrogens is 538 g/mol. The fourth-order valence-corrected chi connectivity index (χ4v) is 7.02. The number of aromatic nitrogens is 4. The van der Waals surface area contributed by atoms with E-state index in [0.717, 1.165) is 30.7 Å². The number of carbonyl (C=O) groups is 1. The van der Waals surface area contributed by atoms with Crippen molar-refractivity contribution >= 4 is 5.97 Å². The monoisotopic (exact) mass is 589 g/mol. The molecule has 0 saturated carbocycles. The van der Waals surface area contributed by atoms with E-state index in [4.69, 9.17) is 0 Å². The van der Waals surface area contributed by atoms with Crippen LogP contribution in [0.25, 0.3) is 0 Å². The van der Waals surface area contributed by atoms with Gasteiger partial charge in [0.15, 0.2) is 0 Å². The van der Waals surface area contributed by atoms with Gasteiger partial charge in [0, 0.05) is 57.5 Å². The summed E-state index contributed by atoms with van der Waals surface area (Å²) in [5, 5.41) is 9.47. The van der Waals surface area contributed by atoms with Crippen molar-refractivity contribution in [3.05, 3.63) is 71.8 Å². The summed E-state index contributed by atoms with van der Waals surface area (Å²) < 4.78 is 2.10. The number of aromatic amines is 1. The zero-order valence-electron chi connectivity index (χ0n) is 26.4. The molecule has 1 aromatic carbocycles. The molecule has 2 aromatic heterocycles. The lowest BCUT2D eigenvalue weighted by Gasteiger charge is -2.40. The lowest BCUT2D eigenvalue weighted by molar-refractivity contribution is -0.142. The van der Waals surface area contributed by atoms with Gasteiger partial charge in [-0.05, 0) is 74.2 Å². The number of imidazole rings is 2. The molecule has 1 atom stereocenters. The van der Waals surface area contributed by atoms with Gasteiger partial charge in [0.25, 0.3) is 0 Å². The van der Waals surface area contributed by atoms with Gasteiger partial charge in [-0.2, -0.15) is 0 Å². The van der Waals surface area contributed by atoms with Crippen molar-refractivity contribution in [2.24, 2.45) is 17.3 Å². The fourth-order valence-electron chi connectivity index (χ4n) is 7.02. The lowest BCUT2D eigenvalue weighted by atomic mass is 9.77. The van der Waals surface area contributed by atoms with Crippen LogP contribution in [-0.2, 0) is 37.5 Å². The third kappa shape index (κ3) is 8.77. The van der Waals surface area contributed by atoms with Crippen molar-refractivity contribution in [1.29, 1.82) is 0 Å². The quantitative estimate of drug-likeness (QED) is 0.250. The minimum absolute atomic E-state index is 0.332. The number of hydrogen-bond donors (Lipinski definition) is 2. The van der Waals surface area contributed by atoms with E-state index in [1.54, 1.807) is 6.20 Å².